The van der Waals surface area contributed by atoms with E-state index in [0.29, 0.717) is 26.5 Å². The second-order valence-corrected chi connectivity index (χ2v) is 5.94. The van der Waals surface area contributed by atoms with Gasteiger partial charge in [0.15, 0.2) is 0 Å². The normalized spacial score (nSPS) is 12.4. The molecular formula is C14H12BrCl2FN2. The maximum absolute atomic E-state index is 14.1. The van der Waals surface area contributed by atoms with E-state index in [1.807, 2.05) is 0 Å². The number of hydrazine groups is 1. The van der Waals surface area contributed by atoms with E-state index in [9.17, 15) is 4.39 Å². The van der Waals surface area contributed by atoms with Gasteiger partial charge in [-0.25, -0.2) is 4.39 Å². The Bertz CT molecular complexity index is 602. The highest BCUT2D eigenvalue weighted by Crippen LogP contribution is 2.31. The van der Waals surface area contributed by atoms with Crippen molar-refractivity contribution < 1.29 is 4.39 Å². The lowest BCUT2D eigenvalue weighted by Gasteiger charge is -2.19. The summed E-state index contributed by atoms with van der Waals surface area (Å²) in [7, 11) is 0. The summed E-state index contributed by atoms with van der Waals surface area (Å²) in [4.78, 5) is 0. The van der Waals surface area contributed by atoms with Crippen LogP contribution in [0.4, 0.5) is 4.39 Å². The summed E-state index contributed by atoms with van der Waals surface area (Å²) in [6.45, 7) is 0. The average Bonchev–Trinajstić information content (AvgIpc) is 2.42. The van der Waals surface area contributed by atoms with Crippen molar-refractivity contribution in [1.82, 2.24) is 5.43 Å². The van der Waals surface area contributed by atoms with E-state index >= 15 is 0 Å². The molecule has 2 nitrogen and oxygen atoms in total. The second kappa shape index (κ2) is 6.87. The van der Waals surface area contributed by atoms with Gasteiger partial charge in [0.2, 0.25) is 0 Å². The minimum absolute atomic E-state index is 0.348. The first kappa shape index (κ1) is 15.7. The molecule has 2 aromatic rings. The van der Waals surface area contributed by atoms with E-state index in [0.717, 1.165) is 5.56 Å². The van der Waals surface area contributed by atoms with Gasteiger partial charge in [0.25, 0.3) is 0 Å². The maximum Gasteiger partial charge on any atom is 0.142 e. The van der Waals surface area contributed by atoms with E-state index < -0.39 is 6.04 Å². The van der Waals surface area contributed by atoms with Crippen molar-refractivity contribution in [3.63, 3.8) is 0 Å². The van der Waals surface area contributed by atoms with Gasteiger partial charge in [-0.1, -0.05) is 41.4 Å². The Kier molecular flexibility index (Phi) is 5.41. The van der Waals surface area contributed by atoms with Gasteiger partial charge in [0, 0.05) is 15.6 Å². The minimum Gasteiger partial charge on any atom is -0.271 e. The molecule has 0 aliphatic heterocycles. The summed E-state index contributed by atoms with van der Waals surface area (Å²) in [5.41, 5.74) is 3.80. The summed E-state index contributed by atoms with van der Waals surface area (Å²) < 4.78 is 14.5. The Labute approximate surface area is 135 Å². The molecule has 0 radical (unpaired) electrons. The van der Waals surface area contributed by atoms with Crippen LogP contribution in [0.5, 0.6) is 0 Å². The third-order valence-corrected chi connectivity index (χ3v) is 4.35. The first-order valence-corrected chi connectivity index (χ1v) is 7.42. The third-order valence-electron chi connectivity index (χ3n) is 3.03. The molecule has 0 fully saturated rings. The van der Waals surface area contributed by atoms with E-state index in [2.05, 4.69) is 21.4 Å². The minimum atomic E-state index is -0.426. The van der Waals surface area contributed by atoms with Crippen molar-refractivity contribution in [2.75, 3.05) is 0 Å². The van der Waals surface area contributed by atoms with Gasteiger partial charge < -0.3 is 0 Å². The Morgan fingerprint density at radius 2 is 1.75 bits per heavy atom. The van der Waals surface area contributed by atoms with Crippen molar-refractivity contribution in [1.29, 1.82) is 0 Å². The molecule has 1 unspecified atom stereocenters. The SMILES string of the molecule is NNC(Cc1c(Cl)cccc1Cl)c1cccc(Br)c1F. The van der Waals surface area contributed by atoms with E-state index in [4.69, 9.17) is 29.0 Å². The van der Waals surface area contributed by atoms with Crippen LogP contribution in [0, 0.1) is 5.82 Å². The molecule has 1 atom stereocenters. The van der Waals surface area contributed by atoms with E-state index in [-0.39, 0.29) is 5.82 Å². The van der Waals surface area contributed by atoms with Crippen LogP contribution in [0.2, 0.25) is 10.0 Å². The molecule has 106 valence electrons. The Hall–Kier alpha value is -0.650. The van der Waals surface area contributed by atoms with Crippen LogP contribution < -0.4 is 11.3 Å². The summed E-state index contributed by atoms with van der Waals surface area (Å²) >= 11 is 15.4. The number of hydrogen-bond acceptors (Lipinski definition) is 2. The molecule has 0 heterocycles. The molecule has 0 saturated heterocycles. The average molecular weight is 378 g/mol. The van der Waals surface area contributed by atoms with Gasteiger partial charge in [-0.2, -0.15) is 0 Å². The summed E-state index contributed by atoms with van der Waals surface area (Å²) in [6, 6.07) is 9.88. The van der Waals surface area contributed by atoms with Crippen LogP contribution in [-0.4, -0.2) is 0 Å². The van der Waals surface area contributed by atoms with E-state index in [1.165, 1.54) is 0 Å². The molecule has 0 bridgehead atoms. The van der Waals surface area contributed by atoms with Crippen molar-refractivity contribution >= 4 is 39.1 Å². The fourth-order valence-corrected chi connectivity index (χ4v) is 2.91. The molecule has 0 saturated carbocycles. The lowest BCUT2D eigenvalue weighted by Crippen LogP contribution is -2.30. The zero-order chi connectivity index (χ0) is 14.7. The zero-order valence-electron chi connectivity index (χ0n) is 10.3. The van der Waals surface area contributed by atoms with Gasteiger partial charge in [-0.3, -0.25) is 11.3 Å². The molecule has 0 spiro atoms. The molecule has 2 aromatic carbocycles. The number of rotatable bonds is 4. The summed E-state index contributed by atoms with van der Waals surface area (Å²) in [5, 5.41) is 1.07. The molecule has 20 heavy (non-hydrogen) atoms. The molecule has 0 aromatic heterocycles. The Balaban J connectivity index is 2.37. The first-order chi connectivity index (χ1) is 9.54. The van der Waals surface area contributed by atoms with Crippen LogP contribution in [-0.2, 0) is 6.42 Å². The van der Waals surface area contributed by atoms with Crippen molar-refractivity contribution in [3.8, 4) is 0 Å². The lowest BCUT2D eigenvalue weighted by atomic mass is 9.99. The molecule has 0 amide bonds. The van der Waals surface area contributed by atoms with Crippen LogP contribution in [0.25, 0.3) is 0 Å². The number of nitrogens with one attached hydrogen (secondary N) is 1. The molecule has 2 rings (SSSR count). The van der Waals surface area contributed by atoms with Gasteiger partial charge in [-0.15, -0.1) is 0 Å². The quantitative estimate of drug-likeness (QED) is 0.601. The topological polar surface area (TPSA) is 38.0 Å². The highest BCUT2D eigenvalue weighted by molar-refractivity contribution is 9.10. The van der Waals surface area contributed by atoms with Crippen molar-refractivity contribution in [2.24, 2.45) is 5.84 Å². The van der Waals surface area contributed by atoms with Crippen LogP contribution in [0.15, 0.2) is 40.9 Å². The highest BCUT2D eigenvalue weighted by Gasteiger charge is 2.19. The molecule has 6 heteroatoms. The first-order valence-electron chi connectivity index (χ1n) is 5.87. The largest absolute Gasteiger partial charge is 0.271 e. The lowest BCUT2D eigenvalue weighted by molar-refractivity contribution is 0.508. The van der Waals surface area contributed by atoms with Crippen molar-refractivity contribution in [2.45, 2.75) is 12.5 Å². The van der Waals surface area contributed by atoms with Gasteiger partial charge in [0.1, 0.15) is 5.82 Å². The number of halogens is 4. The zero-order valence-corrected chi connectivity index (χ0v) is 13.4. The van der Waals surface area contributed by atoms with E-state index in [1.54, 1.807) is 36.4 Å². The van der Waals surface area contributed by atoms with Crippen LogP contribution in [0.3, 0.4) is 0 Å². The molecule has 0 aliphatic rings. The van der Waals surface area contributed by atoms with Crippen molar-refractivity contribution in [3.05, 3.63) is 67.9 Å². The summed E-state index contributed by atoms with van der Waals surface area (Å²) in [5.74, 6) is 5.21. The predicted octanol–water partition coefficient (Wildman–Crippen LogP) is 4.64. The second-order valence-electron chi connectivity index (χ2n) is 4.27. The maximum atomic E-state index is 14.1. The number of nitrogens with two attached hydrogens (primary N) is 1. The van der Waals surface area contributed by atoms with Gasteiger partial charge in [0.05, 0.1) is 10.5 Å². The van der Waals surface area contributed by atoms with Gasteiger partial charge in [-0.05, 0) is 46.1 Å². The Morgan fingerprint density at radius 3 is 2.35 bits per heavy atom. The third kappa shape index (κ3) is 3.32. The standard InChI is InChI=1S/C14H12BrCl2FN2/c15-10-4-1-3-8(14(10)18)13(20-19)7-9-11(16)5-2-6-12(9)17/h1-6,13,20H,7,19H2. The highest BCUT2D eigenvalue weighted by atomic mass is 79.9. The van der Waals surface area contributed by atoms with Gasteiger partial charge >= 0.3 is 0 Å². The molecular weight excluding hydrogens is 366 g/mol. The monoisotopic (exact) mass is 376 g/mol. The van der Waals surface area contributed by atoms with Crippen LogP contribution >= 0.6 is 39.1 Å². The molecule has 0 aliphatic carbocycles. The smallest absolute Gasteiger partial charge is 0.142 e. The summed E-state index contributed by atoms with van der Waals surface area (Å²) in [6.07, 6.45) is 0.391. The fourth-order valence-electron chi connectivity index (χ4n) is 1.98. The number of benzene rings is 2. The number of hydrogen-bond donors (Lipinski definition) is 2. The predicted molar refractivity (Wildman–Crippen MR) is 84.3 cm³/mol. The van der Waals surface area contributed by atoms with Crippen LogP contribution in [0.1, 0.15) is 17.2 Å². The Morgan fingerprint density at radius 1 is 1.15 bits per heavy atom. The molecule has 3 N–H and O–H groups in total. The fraction of sp³-hybridized carbons (Fsp3) is 0.143.